The van der Waals surface area contributed by atoms with E-state index in [1.165, 1.54) is 16.0 Å². The maximum absolute atomic E-state index is 13.1. The number of hydrogen-bond donors (Lipinski definition) is 2. The summed E-state index contributed by atoms with van der Waals surface area (Å²) in [5.74, 6) is 1.11. The Morgan fingerprint density at radius 2 is 1.86 bits per heavy atom. The predicted octanol–water partition coefficient (Wildman–Crippen LogP) is 4.36. The molecule has 2 aliphatic rings. The molecule has 35 heavy (non-hydrogen) atoms. The number of benzene rings is 2. The zero-order chi connectivity index (χ0) is 24.0. The van der Waals surface area contributed by atoms with E-state index in [4.69, 9.17) is 4.74 Å². The van der Waals surface area contributed by atoms with Gasteiger partial charge in [-0.3, -0.25) is 9.69 Å². The largest absolute Gasteiger partial charge is 0.490 e. The molecule has 2 aromatic carbocycles. The number of likely N-dealkylation sites (tertiary alicyclic amines) is 1. The Kier molecular flexibility index (Phi) is 7.79. The molecule has 0 spiro atoms. The lowest BCUT2D eigenvalue weighted by Crippen LogP contribution is -2.49. The zero-order valence-electron chi connectivity index (χ0n) is 20.2. The van der Waals surface area contributed by atoms with Crippen LogP contribution in [0.2, 0.25) is 0 Å². The first-order valence-corrected chi connectivity index (χ1v) is 13.3. The number of carbonyl (C=O) groups excluding carboxylic acids is 1. The van der Waals surface area contributed by atoms with Crippen molar-refractivity contribution in [2.45, 2.75) is 50.5 Å². The fourth-order valence-corrected chi connectivity index (χ4v) is 5.77. The number of carbonyl (C=O) groups is 1. The minimum absolute atomic E-state index is 0.143. The SMILES string of the molecule is CN(Cc1cccc(OC2CCN(C(=O)C3CC(c4ccccc4)NN3)CC2)c1)Cc1cccs1. The van der Waals surface area contributed by atoms with E-state index in [0.717, 1.165) is 51.2 Å². The fourth-order valence-electron chi connectivity index (χ4n) is 4.98. The molecule has 0 bridgehead atoms. The first kappa shape index (κ1) is 24.0. The zero-order valence-corrected chi connectivity index (χ0v) is 21.0. The highest BCUT2D eigenvalue weighted by atomic mass is 32.1. The van der Waals surface area contributed by atoms with Crippen molar-refractivity contribution in [3.63, 3.8) is 0 Å². The van der Waals surface area contributed by atoms with Crippen LogP contribution in [0.15, 0.2) is 72.1 Å². The summed E-state index contributed by atoms with van der Waals surface area (Å²) >= 11 is 1.80. The summed E-state index contributed by atoms with van der Waals surface area (Å²) in [5, 5.41) is 2.12. The van der Waals surface area contributed by atoms with Crippen molar-refractivity contribution >= 4 is 17.2 Å². The van der Waals surface area contributed by atoms with Crippen molar-refractivity contribution in [1.82, 2.24) is 20.7 Å². The summed E-state index contributed by atoms with van der Waals surface area (Å²) in [5.41, 5.74) is 8.97. The van der Waals surface area contributed by atoms with E-state index in [2.05, 4.69) is 70.6 Å². The molecule has 3 aromatic rings. The van der Waals surface area contributed by atoms with E-state index in [-0.39, 0.29) is 24.1 Å². The van der Waals surface area contributed by atoms with Crippen LogP contribution >= 0.6 is 11.3 Å². The second kappa shape index (κ2) is 11.4. The first-order valence-electron chi connectivity index (χ1n) is 12.5. The van der Waals surface area contributed by atoms with Crippen LogP contribution < -0.4 is 15.6 Å². The smallest absolute Gasteiger partial charge is 0.241 e. The lowest BCUT2D eigenvalue weighted by Gasteiger charge is -2.33. The van der Waals surface area contributed by atoms with Crippen molar-refractivity contribution in [2.75, 3.05) is 20.1 Å². The van der Waals surface area contributed by atoms with Gasteiger partial charge in [0.25, 0.3) is 0 Å². The molecule has 0 saturated carbocycles. The van der Waals surface area contributed by atoms with Gasteiger partial charge in [-0.2, -0.15) is 0 Å². The first-order chi connectivity index (χ1) is 17.1. The van der Waals surface area contributed by atoms with Crippen molar-refractivity contribution in [3.8, 4) is 5.75 Å². The van der Waals surface area contributed by atoms with Crippen molar-refractivity contribution in [3.05, 3.63) is 88.1 Å². The number of nitrogens with one attached hydrogen (secondary N) is 2. The molecule has 184 valence electrons. The summed E-state index contributed by atoms with van der Waals surface area (Å²) in [6.07, 6.45) is 2.63. The third kappa shape index (κ3) is 6.30. The Hall–Kier alpha value is -2.71. The van der Waals surface area contributed by atoms with Gasteiger partial charge in [0, 0.05) is 49.9 Å². The molecular formula is C28H34N4O2S. The highest BCUT2D eigenvalue weighted by Gasteiger charge is 2.34. The van der Waals surface area contributed by atoms with Gasteiger partial charge in [0.1, 0.15) is 17.9 Å². The van der Waals surface area contributed by atoms with E-state index in [1.807, 2.05) is 29.2 Å². The number of hydrazine groups is 1. The molecule has 1 amide bonds. The maximum atomic E-state index is 13.1. The number of nitrogens with zero attached hydrogens (tertiary/aromatic N) is 2. The van der Waals surface area contributed by atoms with Crippen LogP contribution in [-0.4, -0.2) is 48.0 Å². The molecule has 2 unspecified atom stereocenters. The molecule has 2 fully saturated rings. The normalized spacial score (nSPS) is 20.9. The van der Waals surface area contributed by atoms with Crippen LogP contribution in [0.25, 0.3) is 0 Å². The average Bonchev–Trinajstić information content (AvgIpc) is 3.57. The van der Waals surface area contributed by atoms with Gasteiger partial charge in [-0.15, -0.1) is 11.3 Å². The number of piperidine rings is 1. The quantitative estimate of drug-likeness (QED) is 0.492. The molecule has 3 heterocycles. The van der Waals surface area contributed by atoms with Gasteiger partial charge in [0.2, 0.25) is 5.91 Å². The van der Waals surface area contributed by atoms with Gasteiger partial charge in [-0.25, -0.2) is 10.9 Å². The van der Waals surface area contributed by atoms with Crippen LogP contribution in [-0.2, 0) is 17.9 Å². The molecule has 7 heteroatoms. The van der Waals surface area contributed by atoms with Gasteiger partial charge in [0.15, 0.2) is 0 Å². The summed E-state index contributed by atoms with van der Waals surface area (Å²) in [6.45, 7) is 3.31. The number of ether oxygens (including phenoxy) is 1. The van der Waals surface area contributed by atoms with Gasteiger partial charge < -0.3 is 9.64 Å². The second-order valence-electron chi connectivity index (χ2n) is 9.58. The monoisotopic (exact) mass is 490 g/mol. The van der Waals surface area contributed by atoms with Crippen LogP contribution in [0.3, 0.4) is 0 Å². The Labute approximate surface area is 211 Å². The van der Waals surface area contributed by atoms with E-state index in [9.17, 15) is 4.79 Å². The topological polar surface area (TPSA) is 56.8 Å². The Balaban J connectivity index is 1.08. The molecule has 2 aliphatic heterocycles. The van der Waals surface area contributed by atoms with Crippen molar-refractivity contribution in [2.24, 2.45) is 0 Å². The molecule has 0 radical (unpaired) electrons. The predicted molar refractivity (Wildman–Crippen MR) is 140 cm³/mol. The minimum Gasteiger partial charge on any atom is -0.490 e. The van der Waals surface area contributed by atoms with Gasteiger partial charge in [-0.1, -0.05) is 48.5 Å². The summed E-state index contributed by atoms with van der Waals surface area (Å²) in [7, 11) is 2.15. The Morgan fingerprint density at radius 1 is 1.03 bits per heavy atom. The molecule has 6 nitrogen and oxygen atoms in total. The lowest BCUT2D eigenvalue weighted by atomic mass is 10.0. The molecule has 2 atom stereocenters. The summed E-state index contributed by atoms with van der Waals surface area (Å²) in [6, 6.07) is 23.0. The molecular weight excluding hydrogens is 456 g/mol. The summed E-state index contributed by atoms with van der Waals surface area (Å²) in [4.78, 5) is 18.8. The third-order valence-electron chi connectivity index (χ3n) is 6.82. The van der Waals surface area contributed by atoms with Crippen molar-refractivity contribution in [1.29, 1.82) is 0 Å². The molecule has 2 saturated heterocycles. The number of hydrogen-bond acceptors (Lipinski definition) is 6. The summed E-state index contributed by atoms with van der Waals surface area (Å²) < 4.78 is 6.33. The molecule has 5 rings (SSSR count). The van der Waals surface area contributed by atoms with Crippen LogP contribution in [0.5, 0.6) is 5.75 Å². The highest BCUT2D eigenvalue weighted by molar-refractivity contribution is 7.09. The van der Waals surface area contributed by atoms with E-state index < -0.39 is 0 Å². The number of rotatable bonds is 8. The standard InChI is InChI=1S/C28H34N4O2S/c1-31(20-25-11-6-16-35-25)19-21-7-5-10-24(17-21)34-23-12-14-32(15-13-23)28(33)27-18-26(29-30-27)22-8-3-2-4-9-22/h2-11,16-17,23,26-27,29-30H,12-15,18-20H2,1H3. The molecule has 2 N–H and O–H groups in total. The fraction of sp³-hybridized carbons (Fsp3) is 0.393. The van der Waals surface area contributed by atoms with Crippen LogP contribution in [0, 0.1) is 0 Å². The van der Waals surface area contributed by atoms with E-state index in [0.29, 0.717) is 0 Å². The Morgan fingerprint density at radius 3 is 2.63 bits per heavy atom. The van der Waals surface area contributed by atoms with Gasteiger partial charge >= 0.3 is 0 Å². The maximum Gasteiger partial charge on any atom is 0.241 e. The molecule has 0 aliphatic carbocycles. The minimum atomic E-state index is -0.180. The highest BCUT2D eigenvalue weighted by Crippen LogP contribution is 2.25. The molecule has 1 aromatic heterocycles. The Bertz CT molecular complexity index is 1080. The second-order valence-corrected chi connectivity index (χ2v) is 10.6. The van der Waals surface area contributed by atoms with Crippen molar-refractivity contribution < 1.29 is 9.53 Å². The van der Waals surface area contributed by atoms with E-state index >= 15 is 0 Å². The van der Waals surface area contributed by atoms with Gasteiger partial charge in [0.05, 0.1) is 0 Å². The lowest BCUT2D eigenvalue weighted by molar-refractivity contribution is -0.135. The van der Waals surface area contributed by atoms with Gasteiger partial charge in [-0.05, 0) is 48.2 Å². The average molecular weight is 491 g/mol. The third-order valence-corrected chi connectivity index (χ3v) is 7.68. The van der Waals surface area contributed by atoms with E-state index in [1.54, 1.807) is 11.3 Å². The van der Waals surface area contributed by atoms with Crippen LogP contribution in [0.1, 0.15) is 41.3 Å². The number of thiophene rings is 1. The van der Waals surface area contributed by atoms with Crippen LogP contribution in [0.4, 0.5) is 0 Å². The number of amides is 1.